The van der Waals surface area contributed by atoms with Gasteiger partial charge in [-0.25, -0.2) is 0 Å². The first-order valence-corrected chi connectivity index (χ1v) is 6.53. The lowest BCUT2D eigenvalue weighted by atomic mass is 9.93. The summed E-state index contributed by atoms with van der Waals surface area (Å²) in [6.45, 7) is 7.18. The van der Waals surface area contributed by atoms with E-state index >= 15 is 0 Å². The second-order valence-electron chi connectivity index (χ2n) is 5.29. The second-order valence-corrected chi connectivity index (χ2v) is 6.14. The molecule has 0 saturated carbocycles. The van der Waals surface area contributed by atoms with Crippen molar-refractivity contribution in [3.05, 3.63) is 28.2 Å². The van der Waals surface area contributed by atoms with Gasteiger partial charge in [-0.3, -0.25) is 0 Å². The summed E-state index contributed by atoms with van der Waals surface area (Å²) in [4.78, 5) is 0. The van der Waals surface area contributed by atoms with E-state index in [1.54, 1.807) is 18.2 Å². The number of benzene rings is 1. The van der Waals surface area contributed by atoms with E-state index in [0.717, 1.165) is 16.6 Å². The highest BCUT2D eigenvalue weighted by Gasteiger charge is 2.11. The standard InChI is InChI=1S/C13H19BrN2O2/c1-13(2,3)6-7-18-11-5-4-9(8-10(11)14)12(15)16-17/h4-5,8,17H,6-7H2,1-3H3,(H2,15,16). The molecule has 1 aromatic rings. The van der Waals surface area contributed by atoms with E-state index in [-0.39, 0.29) is 11.3 Å². The van der Waals surface area contributed by atoms with Gasteiger partial charge in [0.1, 0.15) is 5.75 Å². The van der Waals surface area contributed by atoms with Crippen LogP contribution < -0.4 is 10.5 Å². The quantitative estimate of drug-likeness (QED) is 0.387. The van der Waals surface area contributed by atoms with Crippen LogP contribution in [0, 0.1) is 5.41 Å². The molecule has 100 valence electrons. The highest BCUT2D eigenvalue weighted by Crippen LogP contribution is 2.27. The molecule has 0 atom stereocenters. The van der Waals surface area contributed by atoms with E-state index in [4.69, 9.17) is 15.7 Å². The van der Waals surface area contributed by atoms with Gasteiger partial charge in [0.05, 0.1) is 11.1 Å². The van der Waals surface area contributed by atoms with Crippen LogP contribution >= 0.6 is 15.9 Å². The largest absolute Gasteiger partial charge is 0.492 e. The monoisotopic (exact) mass is 314 g/mol. The van der Waals surface area contributed by atoms with Crippen molar-refractivity contribution in [1.29, 1.82) is 0 Å². The van der Waals surface area contributed by atoms with Crippen molar-refractivity contribution in [2.75, 3.05) is 6.61 Å². The zero-order valence-corrected chi connectivity index (χ0v) is 12.5. The molecule has 0 heterocycles. The Morgan fingerprint density at radius 3 is 2.61 bits per heavy atom. The zero-order chi connectivity index (χ0) is 13.8. The molecule has 0 aliphatic rings. The molecule has 0 radical (unpaired) electrons. The summed E-state index contributed by atoms with van der Waals surface area (Å²) in [7, 11) is 0. The molecule has 0 fully saturated rings. The summed E-state index contributed by atoms with van der Waals surface area (Å²) in [5.41, 5.74) is 6.41. The Morgan fingerprint density at radius 2 is 2.11 bits per heavy atom. The fourth-order valence-corrected chi connectivity index (χ4v) is 1.80. The van der Waals surface area contributed by atoms with Gasteiger partial charge >= 0.3 is 0 Å². The first-order valence-electron chi connectivity index (χ1n) is 5.74. The van der Waals surface area contributed by atoms with Crippen molar-refractivity contribution >= 4 is 21.8 Å². The molecule has 0 aromatic heterocycles. The van der Waals surface area contributed by atoms with Gasteiger partial charge in [0, 0.05) is 5.56 Å². The third-order valence-electron chi connectivity index (χ3n) is 2.45. The number of halogens is 1. The number of rotatable bonds is 4. The van der Waals surface area contributed by atoms with Crippen LogP contribution in [0.25, 0.3) is 0 Å². The maximum Gasteiger partial charge on any atom is 0.170 e. The van der Waals surface area contributed by atoms with Gasteiger partial charge in [0.15, 0.2) is 5.84 Å². The molecule has 0 aliphatic heterocycles. The lowest BCUT2D eigenvalue weighted by Gasteiger charge is -2.18. The van der Waals surface area contributed by atoms with Crippen LogP contribution in [0.5, 0.6) is 5.75 Å². The van der Waals surface area contributed by atoms with Gasteiger partial charge in [0.25, 0.3) is 0 Å². The molecule has 3 N–H and O–H groups in total. The molecule has 4 nitrogen and oxygen atoms in total. The highest BCUT2D eigenvalue weighted by molar-refractivity contribution is 9.10. The number of oxime groups is 1. The molecule has 0 bridgehead atoms. The van der Waals surface area contributed by atoms with E-state index in [2.05, 4.69) is 41.9 Å². The highest BCUT2D eigenvalue weighted by atomic mass is 79.9. The van der Waals surface area contributed by atoms with Gasteiger partial charge in [0.2, 0.25) is 0 Å². The third-order valence-corrected chi connectivity index (χ3v) is 3.06. The van der Waals surface area contributed by atoms with E-state index in [0.29, 0.717) is 12.2 Å². The van der Waals surface area contributed by atoms with E-state index in [9.17, 15) is 0 Å². The van der Waals surface area contributed by atoms with E-state index < -0.39 is 0 Å². The Labute approximate surface area is 116 Å². The smallest absolute Gasteiger partial charge is 0.170 e. The SMILES string of the molecule is CC(C)(C)CCOc1ccc(/C(N)=N/O)cc1Br. The van der Waals surface area contributed by atoms with Gasteiger partial charge in [-0.15, -0.1) is 0 Å². The maximum absolute atomic E-state index is 8.60. The van der Waals surface area contributed by atoms with Crippen LogP contribution in [0.4, 0.5) is 0 Å². The first kappa shape index (κ1) is 14.8. The van der Waals surface area contributed by atoms with Crippen molar-refractivity contribution in [1.82, 2.24) is 0 Å². The Kier molecular flexibility index (Phi) is 5.02. The van der Waals surface area contributed by atoms with Crippen molar-refractivity contribution in [3.8, 4) is 5.75 Å². The minimum absolute atomic E-state index is 0.0805. The molecule has 1 aromatic carbocycles. The fraction of sp³-hybridized carbons (Fsp3) is 0.462. The molecular formula is C13H19BrN2O2. The van der Waals surface area contributed by atoms with Crippen LogP contribution in [-0.2, 0) is 0 Å². The number of amidine groups is 1. The average Bonchev–Trinajstić information content (AvgIpc) is 2.28. The summed E-state index contributed by atoms with van der Waals surface area (Å²) >= 11 is 3.41. The second kappa shape index (κ2) is 6.09. The van der Waals surface area contributed by atoms with Crippen molar-refractivity contribution in [2.45, 2.75) is 27.2 Å². The number of hydrogen-bond acceptors (Lipinski definition) is 3. The molecular weight excluding hydrogens is 296 g/mol. The molecule has 0 saturated heterocycles. The summed E-state index contributed by atoms with van der Waals surface area (Å²) in [6.07, 6.45) is 0.974. The van der Waals surface area contributed by atoms with E-state index in [1.165, 1.54) is 0 Å². The third kappa shape index (κ3) is 4.56. The van der Waals surface area contributed by atoms with Crippen LogP contribution in [-0.4, -0.2) is 17.6 Å². The number of ether oxygens (including phenoxy) is 1. The van der Waals surface area contributed by atoms with Gasteiger partial charge in [-0.1, -0.05) is 25.9 Å². The zero-order valence-electron chi connectivity index (χ0n) is 10.9. The van der Waals surface area contributed by atoms with Crippen LogP contribution in [0.1, 0.15) is 32.8 Å². The molecule has 0 amide bonds. The summed E-state index contributed by atoms with van der Waals surface area (Å²) in [5.74, 6) is 0.839. The first-order chi connectivity index (χ1) is 8.33. The maximum atomic E-state index is 8.60. The summed E-state index contributed by atoms with van der Waals surface area (Å²) < 4.78 is 6.48. The molecule has 18 heavy (non-hydrogen) atoms. The van der Waals surface area contributed by atoms with Crippen LogP contribution in [0.3, 0.4) is 0 Å². The van der Waals surface area contributed by atoms with Gasteiger partial charge in [-0.2, -0.15) is 0 Å². The topological polar surface area (TPSA) is 67.8 Å². The van der Waals surface area contributed by atoms with Crippen LogP contribution in [0.2, 0.25) is 0 Å². The lowest BCUT2D eigenvalue weighted by Crippen LogP contribution is -2.13. The Bertz CT molecular complexity index is 439. The molecule has 1 rings (SSSR count). The summed E-state index contributed by atoms with van der Waals surface area (Å²) in [5, 5.41) is 11.6. The van der Waals surface area contributed by atoms with E-state index in [1.807, 2.05) is 0 Å². The average molecular weight is 315 g/mol. The molecule has 0 unspecified atom stereocenters. The molecule has 0 spiro atoms. The predicted molar refractivity (Wildman–Crippen MR) is 76.2 cm³/mol. The Morgan fingerprint density at radius 1 is 1.44 bits per heavy atom. The van der Waals surface area contributed by atoms with Crippen molar-refractivity contribution in [3.63, 3.8) is 0 Å². The fourth-order valence-electron chi connectivity index (χ4n) is 1.30. The van der Waals surface area contributed by atoms with Gasteiger partial charge < -0.3 is 15.7 Å². The molecule has 5 heteroatoms. The Balaban J connectivity index is 2.69. The van der Waals surface area contributed by atoms with Crippen molar-refractivity contribution in [2.24, 2.45) is 16.3 Å². The number of nitrogens with zero attached hydrogens (tertiary/aromatic N) is 1. The summed E-state index contributed by atoms with van der Waals surface area (Å²) in [6, 6.07) is 5.33. The number of nitrogens with two attached hydrogens (primary N) is 1. The van der Waals surface area contributed by atoms with Gasteiger partial charge in [-0.05, 0) is 46.0 Å². The normalized spacial score (nSPS) is 12.6. The van der Waals surface area contributed by atoms with Crippen LogP contribution in [0.15, 0.2) is 27.8 Å². The Hall–Kier alpha value is -1.23. The number of hydrogen-bond donors (Lipinski definition) is 2. The predicted octanol–water partition coefficient (Wildman–Crippen LogP) is 3.36. The molecule has 0 aliphatic carbocycles. The minimum atomic E-state index is 0.0805. The van der Waals surface area contributed by atoms with Crippen molar-refractivity contribution < 1.29 is 9.94 Å². The lowest BCUT2D eigenvalue weighted by molar-refractivity contribution is 0.242. The minimum Gasteiger partial charge on any atom is -0.492 e.